The van der Waals surface area contributed by atoms with Crippen molar-refractivity contribution in [3.8, 4) is 11.5 Å². The monoisotopic (exact) mass is 488 g/mol. The van der Waals surface area contributed by atoms with E-state index in [1.165, 1.54) is 4.90 Å². The summed E-state index contributed by atoms with van der Waals surface area (Å²) in [5.41, 5.74) is 2.87. The minimum absolute atomic E-state index is 0.113. The Morgan fingerprint density at radius 1 is 1.08 bits per heavy atom. The standard InChI is InChI=1S/C28H28N2O6/c1-17-3-4-18(2)26(11-17)34-15-23(31)20-7-9-24-22(12-20)30(27(32)16-35-24)14-21-8-10-25(36-21)28(33)29-13-19-5-6-19/h3-4,7-12,19H,5-6,13-16H2,1-2H3,(H,29,33). The van der Waals surface area contributed by atoms with Gasteiger partial charge in [-0.15, -0.1) is 0 Å². The van der Waals surface area contributed by atoms with Crippen LogP contribution in [-0.2, 0) is 11.3 Å². The van der Waals surface area contributed by atoms with Gasteiger partial charge in [0.15, 0.2) is 24.8 Å². The molecule has 1 aromatic heterocycles. The second kappa shape index (κ2) is 9.89. The molecule has 5 rings (SSSR count). The lowest BCUT2D eigenvalue weighted by Crippen LogP contribution is -2.38. The molecule has 1 N–H and O–H groups in total. The Kier molecular flexibility index (Phi) is 6.50. The first-order chi connectivity index (χ1) is 17.4. The van der Waals surface area contributed by atoms with Gasteiger partial charge in [0.25, 0.3) is 11.8 Å². The molecule has 3 aromatic rings. The number of anilines is 1. The summed E-state index contributed by atoms with van der Waals surface area (Å²) in [5.74, 6) is 1.64. The van der Waals surface area contributed by atoms with Crippen molar-refractivity contribution in [3.63, 3.8) is 0 Å². The molecule has 0 unspecified atom stereocenters. The predicted molar refractivity (Wildman–Crippen MR) is 133 cm³/mol. The van der Waals surface area contributed by atoms with E-state index in [0.29, 0.717) is 41.0 Å². The van der Waals surface area contributed by atoms with E-state index in [2.05, 4.69) is 5.32 Å². The Morgan fingerprint density at radius 3 is 2.72 bits per heavy atom. The fraction of sp³-hybridized carbons (Fsp3) is 0.321. The quantitative estimate of drug-likeness (QED) is 0.453. The fourth-order valence-electron chi connectivity index (χ4n) is 4.03. The molecule has 8 nitrogen and oxygen atoms in total. The lowest BCUT2D eigenvalue weighted by atomic mass is 10.1. The summed E-state index contributed by atoms with van der Waals surface area (Å²) in [6.45, 7) is 4.40. The number of benzene rings is 2. The molecule has 0 bridgehead atoms. The van der Waals surface area contributed by atoms with Gasteiger partial charge in [-0.25, -0.2) is 0 Å². The van der Waals surface area contributed by atoms with E-state index in [0.717, 1.165) is 24.0 Å². The summed E-state index contributed by atoms with van der Waals surface area (Å²) in [5, 5.41) is 2.87. The number of aryl methyl sites for hydroxylation is 2. The predicted octanol–water partition coefficient (Wildman–Crippen LogP) is 4.22. The Labute approximate surface area is 209 Å². The molecular weight excluding hydrogens is 460 g/mol. The highest BCUT2D eigenvalue weighted by atomic mass is 16.5. The van der Waals surface area contributed by atoms with Gasteiger partial charge < -0.3 is 19.2 Å². The number of nitrogens with one attached hydrogen (secondary N) is 1. The zero-order valence-corrected chi connectivity index (χ0v) is 20.3. The van der Waals surface area contributed by atoms with Gasteiger partial charge in [-0.1, -0.05) is 12.1 Å². The first-order valence-electron chi connectivity index (χ1n) is 12.0. The van der Waals surface area contributed by atoms with Crippen LogP contribution >= 0.6 is 0 Å². The first kappa shape index (κ1) is 23.7. The number of nitrogens with zero attached hydrogens (tertiary/aromatic N) is 1. The van der Waals surface area contributed by atoms with Crippen LogP contribution in [0.4, 0.5) is 5.69 Å². The molecule has 2 heterocycles. The average molecular weight is 489 g/mol. The van der Waals surface area contributed by atoms with Crippen LogP contribution in [-0.4, -0.2) is 37.4 Å². The highest BCUT2D eigenvalue weighted by Gasteiger charge is 2.28. The van der Waals surface area contributed by atoms with Gasteiger partial charge in [-0.3, -0.25) is 19.3 Å². The van der Waals surface area contributed by atoms with Crippen molar-refractivity contribution in [2.45, 2.75) is 33.2 Å². The molecule has 1 fully saturated rings. The maximum absolute atomic E-state index is 12.9. The van der Waals surface area contributed by atoms with Crippen LogP contribution < -0.4 is 19.7 Å². The van der Waals surface area contributed by atoms with Gasteiger partial charge in [0.1, 0.15) is 17.3 Å². The van der Waals surface area contributed by atoms with Crippen molar-refractivity contribution in [2.24, 2.45) is 5.92 Å². The van der Waals surface area contributed by atoms with Gasteiger partial charge in [0.05, 0.1) is 12.2 Å². The maximum Gasteiger partial charge on any atom is 0.287 e. The molecule has 186 valence electrons. The number of amides is 2. The second-order valence-electron chi connectivity index (χ2n) is 9.35. The first-order valence-corrected chi connectivity index (χ1v) is 12.0. The fourth-order valence-corrected chi connectivity index (χ4v) is 4.03. The molecule has 1 aliphatic heterocycles. The van der Waals surface area contributed by atoms with Crippen LogP contribution in [0.3, 0.4) is 0 Å². The van der Waals surface area contributed by atoms with E-state index in [1.807, 2.05) is 32.0 Å². The molecular formula is C28H28N2O6. The molecule has 0 spiro atoms. The van der Waals surface area contributed by atoms with Crippen molar-refractivity contribution in [3.05, 3.63) is 76.7 Å². The van der Waals surface area contributed by atoms with Crippen molar-refractivity contribution in [1.82, 2.24) is 5.32 Å². The molecule has 1 saturated carbocycles. The van der Waals surface area contributed by atoms with Gasteiger partial charge in [-0.05, 0) is 80.1 Å². The van der Waals surface area contributed by atoms with Gasteiger partial charge in [-0.2, -0.15) is 0 Å². The van der Waals surface area contributed by atoms with Crippen LogP contribution in [0.5, 0.6) is 11.5 Å². The van der Waals surface area contributed by atoms with Crippen LogP contribution in [0.2, 0.25) is 0 Å². The third-order valence-electron chi connectivity index (χ3n) is 6.37. The lowest BCUT2D eigenvalue weighted by Gasteiger charge is -2.29. The number of Topliss-reactive ketones (excluding diaryl/α,β-unsaturated/α-hetero) is 1. The minimum Gasteiger partial charge on any atom is -0.485 e. The van der Waals surface area contributed by atoms with Crippen molar-refractivity contribution < 1.29 is 28.3 Å². The molecule has 2 amide bonds. The normalized spacial score (nSPS) is 14.7. The Hall–Kier alpha value is -4.07. The number of fused-ring (bicyclic) bond motifs is 1. The SMILES string of the molecule is Cc1ccc(C)c(OCC(=O)c2ccc3c(c2)N(Cc2ccc(C(=O)NCC4CC4)o2)C(=O)CO3)c1. The number of ether oxygens (including phenoxy) is 2. The highest BCUT2D eigenvalue weighted by molar-refractivity contribution is 6.02. The number of carbonyl (C=O) groups is 3. The summed E-state index contributed by atoms with van der Waals surface area (Å²) in [6, 6.07) is 14.1. The van der Waals surface area contributed by atoms with Gasteiger partial charge >= 0.3 is 0 Å². The summed E-state index contributed by atoms with van der Waals surface area (Å²) in [6.07, 6.45) is 2.29. The van der Waals surface area contributed by atoms with Crippen LogP contribution in [0.1, 0.15) is 50.6 Å². The number of hydrogen-bond acceptors (Lipinski definition) is 6. The van der Waals surface area contributed by atoms with Crippen molar-refractivity contribution in [2.75, 3.05) is 24.7 Å². The number of rotatable bonds is 9. The van der Waals surface area contributed by atoms with E-state index in [1.54, 1.807) is 30.3 Å². The van der Waals surface area contributed by atoms with E-state index in [9.17, 15) is 14.4 Å². The molecule has 2 aromatic carbocycles. The van der Waals surface area contributed by atoms with E-state index >= 15 is 0 Å². The molecule has 36 heavy (non-hydrogen) atoms. The number of furan rings is 1. The lowest BCUT2D eigenvalue weighted by molar-refractivity contribution is -0.121. The molecule has 1 aliphatic carbocycles. The third-order valence-corrected chi connectivity index (χ3v) is 6.37. The minimum atomic E-state index is -0.269. The van der Waals surface area contributed by atoms with Crippen LogP contribution in [0, 0.1) is 19.8 Å². The number of hydrogen-bond donors (Lipinski definition) is 1. The van der Waals surface area contributed by atoms with Gasteiger partial charge in [0.2, 0.25) is 0 Å². The van der Waals surface area contributed by atoms with Gasteiger partial charge in [0, 0.05) is 12.1 Å². The number of carbonyl (C=O) groups excluding carboxylic acids is 3. The molecule has 0 radical (unpaired) electrons. The third kappa shape index (κ3) is 5.27. The highest BCUT2D eigenvalue weighted by Crippen LogP contribution is 2.34. The molecule has 0 saturated heterocycles. The average Bonchev–Trinajstić information content (AvgIpc) is 3.59. The summed E-state index contributed by atoms with van der Waals surface area (Å²) >= 11 is 0. The smallest absolute Gasteiger partial charge is 0.287 e. The Bertz CT molecular complexity index is 1320. The Balaban J connectivity index is 1.29. The zero-order valence-electron chi connectivity index (χ0n) is 20.3. The largest absolute Gasteiger partial charge is 0.485 e. The molecule has 8 heteroatoms. The maximum atomic E-state index is 12.9. The zero-order chi connectivity index (χ0) is 25.2. The van der Waals surface area contributed by atoms with Crippen LogP contribution in [0.15, 0.2) is 52.9 Å². The number of ketones is 1. The summed E-state index contributed by atoms with van der Waals surface area (Å²) in [7, 11) is 0. The topological polar surface area (TPSA) is 98.1 Å². The van der Waals surface area contributed by atoms with Crippen molar-refractivity contribution >= 4 is 23.3 Å². The van der Waals surface area contributed by atoms with E-state index in [4.69, 9.17) is 13.9 Å². The van der Waals surface area contributed by atoms with Crippen LogP contribution in [0.25, 0.3) is 0 Å². The summed E-state index contributed by atoms with van der Waals surface area (Å²) in [4.78, 5) is 39.4. The molecule has 0 atom stereocenters. The second-order valence-corrected chi connectivity index (χ2v) is 9.35. The summed E-state index contributed by atoms with van der Waals surface area (Å²) < 4.78 is 17.1. The van der Waals surface area contributed by atoms with E-state index < -0.39 is 0 Å². The van der Waals surface area contributed by atoms with E-state index in [-0.39, 0.29) is 43.1 Å². The van der Waals surface area contributed by atoms with Crippen molar-refractivity contribution in [1.29, 1.82) is 0 Å². The molecule has 2 aliphatic rings. The Morgan fingerprint density at radius 2 is 1.92 bits per heavy atom.